The Labute approximate surface area is 305 Å². The zero-order valence-corrected chi connectivity index (χ0v) is 28.8. The molecule has 0 amide bonds. The van der Waals surface area contributed by atoms with Crippen molar-refractivity contribution in [3.05, 3.63) is 222 Å². The van der Waals surface area contributed by atoms with Crippen LogP contribution in [0, 0.1) is 5.92 Å². The maximum atomic E-state index is 2.52. The SMILES string of the molecule is C1=CC2c3cc(-c4ccc5ccccc5c4)c4cc(-c5ccccc5)ccc4c3C=C(c3cccc(-c4ccccc4)c3)C2C=C1c1ccccc1. The maximum Gasteiger partial charge on any atom is 0.0137 e. The molecule has 0 aromatic heterocycles. The summed E-state index contributed by atoms with van der Waals surface area (Å²) in [5.41, 5.74) is 15.3. The Morgan fingerprint density at radius 2 is 0.981 bits per heavy atom. The first-order valence-corrected chi connectivity index (χ1v) is 18.2. The molecule has 0 radical (unpaired) electrons. The van der Waals surface area contributed by atoms with Crippen LogP contribution in [0.4, 0.5) is 0 Å². The van der Waals surface area contributed by atoms with Gasteiger partial charge in [0.05, 0.1) is 0 Å². The molecule has 2 aliphatic carbocycles. The molecule has 0 aliphatic heterocycles. The number of hydrogen-bond acceptors (Lipinski definition) is 0. The maximum absolute atomic E-state index is 2.52. The second-order valence-electron chi connectivity index (χ2n) is 14.1. The second kappa shape index (κ2) is 12.7. The van der Waals surface area contributed by atoms with E-state index in [1.54, 1.807) is 0 Å². The van der Waals surface area contributed by atoms with Crippen molar-refractivity contribution in [1.29, 1.82) is 0 Å². The zero-order chi connectivity index (χ0) is 34.4. The van der Waals surface area contributed by atoms with Crippen LogP contribution in [0.5, 0.6) is 0 Å². The summed E-state index contributed by atoms with van der Waals surface area (Å²) < 4.78 is 0. The van der Waals surface area contributed by atoms with Gasteiger partial charge < -0.3 is 0 Å². The van der Waals surface area contributed by atoms with E-state index in [4.69, 9.17) is 0 Å². The van der Waals surface area contributed by atoms with E-state index in [9.17, 15) is 0 Å². The molecule has 0 spiro atoms. The average Bonchev–Trinajstić information content (AvgIpc) is 3.23. The lowest BCUT2D eigenvalue weighted by molar-refractivity contribution is 0.713. The highest BCUT2D eigenvalue weighted by Crippen LogP contribution is 2.51. The topological polar surface area (TPSA) is 0 Å². The summed E-state index contributed by atoms with van der Waals surface area (Å²) in [6.45, 7) is 0. The van der Waals surface area contributed by atoms with E-state index in [1.165, 1.54) is 88.3 Å². The van der Waals surface area contributed by atoms with Gasteiger partial charge in [-0.3, -0.25) is 0 Å². The van der Waals surface area contributed by atoms with Crippen LogP contribution in [0.25, 0.3) is 72.1 Å². The molecule has 52 heavy (non-hydrogen) atoms. The molecule has 0 N–H and O–H groups in total. The summed E-state index contributed by atoms with van der Waals surface area (Å²) in [5, 5.41) is 5.10. The molecule has 0 nitrogen and oxygen atoms in total. The smallest absolute Gasteiger partial charge is 0.0137 e. The highest BCUT2D eigenvalue weighted by Gasteiger charge is 2.33. The number of rotatable bonds is 5. The molecule has 2 atom stereocenters. The first kappa shape index (κ1) is 30.3. The highest BCUT2D eigenvalue weighted by molar-refractivity contribution is 6.08. The van der Waals surface area contributed by atoms with Crippen molar-refractivity contribution in [1.82, 2.24) is 0 Å². The lowest BCUT2D eigenvalue weighted by atomic mass is 9.68. The summed E-state index contributed by atoms with van der Waals surface area (Å²) in [5.74, 6) is 0.379. The van der Waals surface area contributed by atoms with Crippen LogP contribution >= 0.6 is 0 Å². The summed E-state index contributed by atoms with van der Waals surface area (Å²) in [4.78, 5) is 0. The minimum absolute atomic E-state index is 0.184. The van der Waals surface area contributed by atoms with Crippen LogP contribution < -0.4 is 0 Å². The fourth-order valence-electron chi connectivity index (χ4n) is 8.43. The van der Waals surface area contributed by atoms with Crippen molar-refractivity contribution in [2.24, 2.45) is 5.92 Å². The molecule has 8 aromatic rings. The summed E-state index contributed by atoms with van der Waals surface area (Å²) in [6.07, 6.45) is 9.84. The molecule has 0 fully saturated rings. The normalized spacial score (nSPS) is 16.2. The fourth-order valence-corrected chi connectivity index (χ4v) is 8.43. The van der Waals surface area contributed by atoms with Crippen LogP contribution in [0.1, 0.15) is 28.2 Å². The monoisotopic (exact) mass is 660 g/mol. The predicted octanol–water partition coefficient (Wildman–Crippen LogP) is 13.9. The van der Waals surface area contributed by atoms with Crippen LogP contribution in [-0.2, 0) is 0 Å². The Morgan fingerprint density at radius 3 is 1.73 bits per heavy atom. The number of benzene rings is 8. The Morgan fingerprint density at radius 1 is 0.365 bits per heavy atom. The van der Waals surface area contributed by atoms with Crippen molar-refractivity contribution < 1.29 is 0 Å². The Balaban J connectivity index is 1.23. The number of fused-ring (bicyclic) bond motifs is 6. The Kier molecular flexibility index (Phi) is 7.40. The number of allylic oxidation sites excluding steroid dienone is 5. The van der Waals surface area contributed by atoms with Crippen molar-refractivity contribution in [3.8, 4) is 33.4 Å². The summed E-state index contributed by atoms with van der Waals surface area (Å²) >= 11 is 0. The van der Waals surface area contributed by atoms with E-state index in [-0.39, 0.29) is 11.8 Å². The van der Waals surface area contributed by atoms with Gasteiger partial charge in [-0.25, -0.2) is 0 Å². The van der Waals surface area contributed by atoms with Crippen LogP contribution in [0.2, 0.25) is 0 Å². The molecule has 0 heteroatoms. The van der Waals surface area contributed by atoms with E-state index in [0.29, 0.717) is 0 Å². The third-order valence-electron chi connectivity index (χ3n) is 11.0. The molecule has 2 unspecified atom stereocenters. The Bertz CT molecular complexity index is 2710. The minimum atomic E-state index is 0.184. The minimum Gasteiger partial charge on any atom is -0.0755 e. The molecule has 8 aromatic carbocycles. The first-order chi connectivity index (χ1) is 25.8. The Hall–Kier alpha value is -6.50. The molecule has 0 heterocycles. The van der Waals surface area contributed by atoms with Crippen molar-refractivity contribution >= 4 is 38.8 Å². The average molecular weight is 661 g/mol. The van der Waals surface area contributed by atoms with E-state index in [0.717, 1.165) is 0 Å². The molecule has 10 rings (SSSR count). The second-order valence-corrected chi connectivity index (χ2v) is 14.1. The summed E-state index contributed by atoms with van der Waals surface area (Å²) in [6, 6.07) is 66.7. The fraction of sp³-hybridized carbons (Fsp3) is 0.0385. The van der Waals surface area contributed by atoms with Crippen LogP contribution in [0.3, 0.4) is 0 Å². The van der Waals surface area contributed by atoms with Crippen LogP contribution in [0.15, 0.2) is 200 Å². The van der Waals surface area contributed by atoms with Gasteiger partial charge in [-0.05, 0) is 119 Å². The van der Waals surface area contributed by atoms with Crippen molar-refractivity contribution in [2.45, 2.75) is 5.92 Å². The first-order valence-electron chi connectivity index (χ1n) is 18.2. The van der Waals surface area contributed by atoms with Crippen molar-refractivity contribution in [2.75, 3.05) is 0 Å². The van der Waals surface area contributed by atoms with Gasteiger partial charge >= 0.3 is 0 Å². The van der Waals surface area contributed by atoms with E-state index >= 15 is 0 Å². The van der Waals surface area contributed by atoms with Gasteiger partial charge in [0, 0.05) is 11.8 Å². The van der Waals surface area contributed by atoms with Gasteiger partial charge in [-0.1, -0.05) is 176 Å². The van der Waals surface area contributed by atoms with Gasteiger partial charge in [0.1, 0.15) is 0 Å². The third-order valence-corrected chi connectivity index (χ3v) is 11.0. The molecular weight excluding hydrogens is 625 g/mol. The predicted molar refractivity (Wildman–Crippen MR) is 222 cm³/mol. The van der Waals surface area contributed by atoms with Gasteiger partial charge in [0.2, 0.25) is 0 Å². The molecular formula is C52H36. The standard InChI is InChI=1S/C52H36/c1-4-13-35(14-5-1)40-21-12-22-43(29-40)47-33-51-46-28-26-42(37-17-8-3-9-18-37)32-50(46)48(44-24-23-38-19-10-11-20-39(38)30-44)34-52(51)45-27-25-41(31-49(45)47)36-15-6-2-7-16-36/h1-34,45,49H. The van der Waals surface area contributed by atoms with E-state index < -0.39 is 0 Å². The van der Waals surface area contributed by atoms with Gasteiger partial charge in [-0.15, -0.1) is 0 Å². The summed E-state index contributed by atoms with van der Waals surface area (Å²) in [7, 11) is 0. The molecule has 0 saturated heterocycles. The van der Waals surface area contributed by atoms with E-state index in [1.807, 2.05) is 0 Å². The lowest BCUT2D eigenvalue weighted by Crippen LogP contribution is -2.19. The van der Waals surface area contributed by atoms with Crippen LogP contribution in [-0.4, -0.2) is 0 Å². The highest BCUT2D eigenvalue weighted by atomic mass is 14.4. The van der Waals surface area contributed by atoms with Gasteiger partial charge in [-0.2, -0.15) is 0 Å². The largest absolute Gasteiger partial charge is 0.0755 e. The van der Waals surface area contributed by atoms with Crippen molar-refractivity contribution in [3.63, 3.8) is 0 Å². The molecule has 244 valence electrons. The number of hydrogen-bond donors (Lipinski definition) is 0. The van der Waals surface area contributed by atoms with E-state index in [2.05, 4.69) is 206 Å². The van der Waals surface area contributed by atoms with Gasteiger partial charge in [0.15, 0.2) is 0 Å². The quantitative estimate of drug-likeness (QED) is 0.172. The zero-order valence-electron chi connectivity index (χ0n) is 28.8. The molecule has 0 saturated carbocycles. The molecule has 0 bridgehead atoms. The molecule has 2 aliphatic rings. The third kappa shape index (κ3) is 5.32. The lowest BCUT2D eigenvalue weighted by Gasteiger charge is -2.35. The van der Waals surface area contributed by atoms with Gasteiger partial charge in [0.25, 0.3) is 0 Å².